The standard InChI is InChI=1S/C68H112O6/c1-4-7-10-13-16-19-22-25-27-29-31-32-33-34-35-36-38-39-41-43-46-49-52-55-58-61-67(70)73-64-65(63-72-66(69)60-57-54-51-48-45-24-21-18-15-12-9-6-3)74-68(71)62-59-56-53-50-47-44-42-40-37-30-28-26-23-20-17-14-11-8-5-2/h7-8,10-11,16-21,25-28,31-32,37,40,44,47,65H,4-6,9,12-15,22-24,29-30,33-36,38-39,41-43,45-46,48-64H2,1-3H3/b10-7-,11-8-,19-16-,20-17-,21-18-,27-25-,28-26-,32-31-,40-37-,47-44-. The van der Waals surface area contributed by atoms with E-state index in [0.717, 1.165) is 135 Å². The van der Waals surface area contributed by atoms with Gasteiger partial charge in [-0.15, -0.1) is 0 Å². The van der Waals surface area contributed by atoms with Gasteiger partial charge >= 0.3 is 17.9 Å². The molecule has 0 fully saturated rings. The average Bonchev–Trinajstić information content (AvgIpc) is 3.40. The molecule has 0 aromatic carbocycles. The van der Waals surface area contributed by atoms with Gasteiger partial charge in [0.25, 0.3) is 0 Å². The van der Waals surface area contributed by atoms with Gasteiger partial charge in [0.2, 0.25) is 0 Å². The SMILES string of the molecule is CC/C=C\C/C=C\C/C=C\C/C=C\C/C=C\CCCCCC(=O)OC(COC(=O)CCCCCCC/C=C\CCCCC)COC(=O)CCCCCCCCCCCCCC/C=C\C/C=C\C/C=C\C/C=C\CC. The van der Waals surface area contributed by atoms with Crippen molar-refractivity contribution < 1.29 is 28.6 Å². The molecule has 0 N–H and O–H groups in total. The molecule has 0 bridgehead atoms. The first-order chi connectivity index (χ1) is 36.5. The van der Waals surface area contributed by atoms with Crippen molar-refractivity contribution in [2.75, 3.05) is 13.2 Å². The van der Waals surface area contributed by atoms with Crippen LogP contribution in [0.5, 0.6) is 0 Å². The highest BCUT2D eigenvalue weighted by Crippen LogP contribution is 2.15. The molecule has 0 aliphatic rings. The second-order valence-electron chi connectivity index (χ2n) is 19.8. The molecule has 1 atom stereocenters. The maximum absolute atomic E-state index is 12.9. The van der Waals surface area contributed by atoms with E-state index < -0.39 is 6.10 Å². The minimum atomic E-state index is -0.803. The van der Waals surface area contributed by atoms with Crippen LogP contribution in [0.3, 0.4) is 0 Å². The van der Waals surface area contributed by atoms with Gasteiger partial charge in [-0.2, -0.15) is 0 Å². The Morgan fingerprint density at radius 3 is 0.851 bits per heavy atom. The van der Waals surface area contributed by atoms with Gasteiger partial charge in [0.15, 0.2) is 6.10 Å². The molecule has 0 radical (unpaired) electrons. The van der Waals surface area contributed by atoms with Gasteiger partial charge in [0.05, 0.1) is 0 Å². The third-order valence-electron chi connectivity index (χ3n) is 12.7. The first-order valence-corrected chi connectivity index (χ1v) is 30.5. The highest BCUT2D eigenvalue weighted by atomic mass is 16.6. The second-order valence-corrected chi connectivity index (χ2v) is 19.8. The summed E-state index contributed by atoms with van der Waals surface area (Å²) in [5, 5.41) is 0. The summed E-state index contributed by atoms with van der Waals surface area (Å²) in [5.41, 5.74) is 0. The third kappa shape index (κ3) is 58.7. The zero-order valence-corrected chi connectivity index (χ0v) is 48.1. The molecule has 74 heavy (non-hydrogen) atoms. The lowest BCUT2D eigenvalue weighted by Gasteiger charge is -2.18. The van der Waals surface area contributed by atoms with Crippen LogP contribution < -0.4 is 0 Å². The minimum Gasteiger partial charge on any atom is -0.462 e. The highest BCUT2D eigenvalue weighted by Gasteiger charge is 2.19. The Labute approximate surface area is 456 Å². The Morgan fingerprint density at radius 2 is 0.527 bits per heavy atom. The van der Waals surface area contributed by atoms with Crippen LogP contribution in [-0.4, -0.2) is 37.2 Å². The summed E-state index contributed by atoms with van der Waals surface area (Å²) >= 11 is 0. The highest BCUT2D eigenvalue weighted by molar-refractivity contribution is 5.71. The molecule has 0 rings (SSSR count). The van der Waals surface area contributed by atoms with E-state index in [1.807, 2.05) is 0 Å². The van der Waals surface area contributed by atoms with E-state index in [-0.39, 0.29) is 37.5 Å². The Kier molecular flexibility index (Phi) is 57.9. The van der Waals surface area contributed by atoms with E-state index in [0.29, 0.717) is 12.8 Å². The van der Waals surface area contributed by atoms with Gasteiger partial charge in [-0.25, -0.2) is 0 Å². The monoisotopic (exact) mass is 1020 g/mol. The summed E-state index contributed by atoms with van der Waals surface area (Å²) in [4.78, 5) is 38.2. The summed E-state index contributed by atoms with van der Waals surface area (Å²) in [6.45, 7) is 6.36. The summed E-state index contributed by atoms with van der Waals surface area (Å²) in [7, 11) is 0. The molecule has 0 spiro atoms. The summed E-state index contributed by atoms with van der Waals surface area (Å²) in [6.07, 6.45) is 84.8. The molecular formula is C68H112O6. The summed E-state index contributed by atoms with van der Waals surface area (Å²) in [5.74, 6) is -0.939. The normalized spacial score (nSPS) is 13.0. The van der Waals surface area contributed by atoms with Gasteiger partial charge < -0.3 is 14.2 Å². The lowest BCUT2D eigenvalue weighted by atomic mass is 10.0. The van der Waals surface area contributed by atoms with Crippen molar-refractivity contribution >= 4 is 17.9 Å². The largest absolute Gasteiger partial charge is 0.462 e. The molecular weight excluding hydrogens is 913 g/mol. The molecule has 0 aliphatic carbocycles. The molecule has 0 saturated heterocycles. The Hall–Kier alpha value is -4.19. The molecule has 6 heteroatoms. The number of hydrogen-bond acceptors (Lipinski definition) is 6. The molecule has 0 saturated carbocycles. The van der Waals surface area contributed by atoms with E-state index in [1.165, 1.54) is 96.3 Å². The van der Waals surface area contributed by atoms with Crippen molar-refractivity contribution in [2.45, 2.75) is 277 Å². The number of carbonyl (C=O) groups is 3. The number of allylic oxidation sites excluding steroid dienone is 20. The number of esters is 3. The average molecular weight is 1030 g/mol. The Bertz CT molecular complexity index is 1550. The third-order valence-corrected chi connectivity index (χ3v) is 12.7. The Balaban J connectivity index is 4.37. The second kappa shape index (κ2) is 61.4. The lowest BCUT2D eigenvalue weighted by Crippen LogP contribution is -2.30. The summed E-state index contributed by atoms with van der Waals surface area (Å²) < 4.78 is 16.9. The van der Waals surface area contributed by atoms with E-state index >= 15 is 0 Å². The molecule has 0 aromatic heterocycles. The molecule has 6 nitrogen and oxygen atoms in total. The van der Waals surface area contributed by atoms with Crippen LogP contribution in [0.15, 0.2) is 122 Å². The van der Waals surface area contributed by atoms with Crippen molar-refractivity contribution in [2.24, 2.45) is 0 Å². The molecule has 0 aromatic rings. The van der Waals surface area contributed by atoms with Gasteiger partial charge in [-0.1, -0.05) is 245 Å². The van der Waals surface area contributed by atoms with Gasteiger partial charge in [-0.05, 0) is 128 Å². The fourth-order valence-corrected chi connectivity index (χ4v) is 8.16. The molecule has 0 heterocycles. The first kappa shape index (κ1) is 69.8. The fourth-order valence-electron chi connectivity index (χ4n) is 8.16. The van der Waals surface area contributed by atoms with E-state index in [2.05, 4.69) is 142 Å². The molecule has 0 aliphatic heterocycles. The zero-order valence-electron chi connectivity index (χ0n) is 48.1. The number of rotatable bonds is 54. The number of unbranched alkanes of at least 4 members (excludes halogenated alkanes) is 23. The quantitative estimate of drug-likeness (QED) is 0.0261. The van der Waals surface area contributed by atoms with Crippen molar-refractivity contribution in [3.63, 3.8) is 0 Å². The van der Waals surface area contributed by atoms with Crippen LogP contribution in [0.2, 0.25) is 0 Å². The van der Waals surface area contributed by atoms with Crippen LogP contribution in [0.4, 0.5) is 0 Å². The summed E-state index contributed by atoms with van der Waals surface area (Å²) in [6, 6.07) is 0. The topological polar surface area (TPSA) is 78.9 Å². The molecule has 420 valence electrons. The van der Waals surface area contributed by atoms with Crippen molar-refractivity contribution in [1.29, 1.82) is 0 Å². The molecule has 0 amide bonds. The van der Waals surface area contributed by atoms with Crippen LogP contribution >= 0.6 is 0 Å². The van der Waals surface area contributed by atoms with Gasteiger partial charge in [-0.3, -0.25) is 14.4 Å². The maximum Gasteiger partial charge on any atom is 0.306 e. The van der Waals surface area contributed by atoms with Crippen LogP contribution in [-0.2, 0) is 28.6 Å². The minimum absolute atomic E-state index is 0.0970. The zero-order chi connectivity index (χ0) is 53.6. The van der Waals surface area contributed by atoms with Gasteiger partial charge in [0, 0.05) is 19.3 Å². The number of carbonyl (C=O) groups excluding carboxylic acids is 3. The first-order valence-electron chi connectivity index (χ1n) is 30.5. The maximum atomic E-state index is 12.9. The molecule has 1 unspecified atom stereocenters. The van der Waals surface area contributed by atoms with Gasteiger partial charge in [0.1, 0.15) is 13.2 Å². The predicted octanol–water partition coefficient (Wildman–Crippen LogP) is 20.8. The van der Waals surface area contributed by atoms with Crippen molar-refractivity contribution in [3.8, 4) is 0 Å². The smallest absolute Gasteiger partial charge is 0.306 e. The fraction of sp³-hybridized carbons (Fsp3) is 0.662. The number of hydrogen-bond donors (Lipinski definition) is 0. The van der Waals surface area contributed by atoms with E-state index in [1.54, 1.807) is 0 Å². The van der Waals surface area contributed by atoms with E-state index in [9.17, 15) is 14.4 Å². The predicted molar refractivity (Wildman–Crippen MR) is 320 cm³/mol. The van der Waals surface area contributed by atoms with Crippen LogP contribution in [0.1, 0.15) is 271 Å². The van der Waals surface area contributed by atoms with E-state index in [4.69, 9.17) is 14.2 Å². The number of ether oxygens (including phenoxy) is 3. The lowest BCUT2D eigenvalue weighted by molar-refractivity contribution is -0.167. The van der Waals surface area contributed by atoms with Crippen molar-refractivity contribution in [1.82, 2.24) is 0 Å². The Morgan fingerprint density at radius 1 is 0.284 bits per heavy atom. The van der Waals surface area contributed by atoms with Crippen LogP contribution in [0, 0.1) is 0 Å². The van der Waals surface area contributed by atoms with Crippen LogP contribution in [0.25, 0.3) is 0 Å². The van der Waals surface area contributed by atoms with Crippen molar-refractivity contribution in [3.05, 3.63) is 122 Å².